The van der Waals surface area contributed by atoms with Crippen molar-refractivity contribution in [3.05, 3.63) is 12.2 Å². The van der Waals surface area contributed by atoms with Gasteiger partial charge in [0.05, 0.1) is 0 Å². The van der Waals surface area contributed by atoms with Crippen molar-refractivity contribution in [2.75, 3.05) is 0 Å². The number of halogens is 3. The fourth-order valence-electron chi connectivity index (χ4n) is 0.446. The molecule has 0 aromatic heterocycles. The molecule has 0 aromatic carbocycles. The molecule has 0 radical (unpaired) electrons. The normalized spacial score (nSPS) is 12.4. The number of rotatable bonds is 2. The number of carboxylic acid groups (broad SMARTS) is 1. The minimum absolute atomic E-state index is 0.316. The van der Waals surface area contributed by atoms with Crippen LogP contribution < -0.4 is 0 Å². The zero-order valence-electron chi connectivity index (χ0n) is 7.93. The number of carboxylic acids is 1. The zero-order valence-corrected chi connectivity index (χ0v) is 10.2. The van der Waals surface area contributed by atoms with E-state index in [1.54, 1.807) is 6.92 Å². The molecule has 3 nitrogen and oxygen atoms in total. The molecule has 6 heteroatoms. The van der Waals surface area contributed by atoms with E-state index in [0.29, 0.717) is 6.42 Å². The van der Waals surface area contributed by atoms with Crippen LogP contribution in [0.1, 0.15) is 20.3 Å². The number of carbonyl (C=O) groups is 1. The lowest BCUT2D eigenvalue weighted by atomic mass is 10.2. The fourth-order valence-corrected chi connectivity index (χ4v) is 0.677. The minimum Gasteiger partial charge on any atom is -0.481 e. The molecule has 2 N–H and O–H groups in total. The second kappa shape index (κ2) is 7.35. The quantitative estimate of drug-likeness (QED) is 0.595. The van der Waals surface area contributed by atoms with E-state index in [4.69, 9.17) is 49.8 Å². The van der Waals surface area contributed by atoms with Gasteiger partial charge in [-0.15, -0.1) is 6.58 Å². The molecule has 0 amide bonds. The van der Waals surface area contributed by atoms with Crippen LogP contribution in [-0.2, 0) is 4.79 Å². The van der Waals surface area contributed by atoms with Crippen molar-refractivity contribution >= 4 is 40.8 Å². The molecule has 0 fully saturated rings. The third-order valence-electron chi connectivity index (χ3n) is 0.920. The summed E-state index contributed by atoms with van der Waals surface area (Å²) in [5.41, 5.74) is 0.791. The summed E-state index contributed by atoms with van der Waals surface area (Å²) in [4.78, 5) is 9.00. The Kier molecular flexibility index (Phi) is 8.64. The van der Waals surface area contributed by atoms with Crippen molar-refractivity contribution < 1.29 is 15.0 Å². The van der Waals surface area contributed by atoms with Gasteiger partial charge in [0, 0.05) is 6.92 Å². The number of alkyl halides is 3. The zero-order chi connectivity index (χ0) is 11.9. The Morgan fingerprint density at radius 2 is 1.71 bits per heavy atom. The molecule has 0 saturated carbocycles. The van der Waals surface area contributed by atoms with Gasteiger partial charge in [-0.2, -0.15) is 0 Å². The largest absolute Gasteiger partial charge is 0.481 e. The number of aliphatic hydroxyl groups is 1. The standard InChI is InChI=1S/C6H9Cl3O.C2H4O2/c1-4(2)3-5(10)6(7,8)9;1-2(3)4/h5,10H,1,3H2,2H3;1H3,(H,3,4). The summed E-state index contributed by atoms with van der Waals surface area (Å²) in [6.07, 6.45) is -0.647. The van der Waals surface area contributed by atoms with Crippen LogP contribution in [0.2, 0.25) is 0 Å². The average molecular weight is 264 g/mol. The summed E-state index contributed by atoms with van der Waals surface area (Å²) in [7, 11) is 0. The van der Waals surface area contributed by atoms with Crippen molar-refractivity contribution in [3.8, 4) is 0 Å². The third-order valence-corrected chi connectivity index (χ3v) is 1.68. The molecule has 0 spiro atoms. The maximum absolute atomic E-state index is 9.10. The van der Waals surface area contributed by atoms with E-state index in [9.17, 15) is 0 Å². The van der Waals surface area contributed by atoms with Crippen LogP contribution in [0, 0.1) is 0 Å². The van der Waals surface area contributed by atoms with Gasteiger partial charge >= 0.3 is 0 Å². The molecule has 0 saturated heterocycles. The molecule has 0 aromatic rings. The first-order chi connectivity index (χ1) is 6.07. The molecule has 14 heavy (non-hydrogen) atoms. The highest BCUT2D eigenvalue weighted by molar-refractivity contribution is 6.68. The predicted octanol–water partition coefficient (Wildman–Crippen LogP) is 2.77. The van der Waals surface area contributed by atoms with Gasteiger partial charge in [-0.3, -0.25) is 4.79 Å². The summed E-state index contributed by atoms with van der Waals surface area (Å²) in [5.74, 6) is -0.833. The van der Waals surface area contributed by atoms with Gasteiger partial charge in [-0.1, -0.05) is 40.4 Å². The van der Waals surface area contributed by atoms with Gasteiger partial charge in [0.15, 0.2) is 0 Å². The highest BCUT2D eigenvalue weighted by Gasteiger charge is 2.30. The molecule has 0 aliphatic rings. The van der Waals surface area contributed by atoms with Gasteiger partial charge in [-0.05, 0) is 13.3 Å². The minimum atomic E-state index is -1.60. The van der Waals surface area contributed by atoms with Gasteiger partial charge in [0.25, 0.3) is 5.97 Å². The third kappa shape index (κ3) is 14.6. The van der Waals surface area contributed by atoms with Crippen LogP contribution in [0.4, 0.5) is 0 Å². The van der Waals surface area contributed by atoms with E-state index < -0.39 is 15.9 Å². The van der Waals surface area contributed by atoms with E-state index in [1.165, 1.54) is 0 Å². The Labute approximate surface area is 98.3 Å². The first-order valence-corrected chi connectivity index (χ1v) is 4.79. The van der Waals surface area contributed by atoms with Crippen molar-refractivity contribution in [2.45, 2.75) is 30.2 Å². The smallest absolute Gasteiger partial charge is 0.300 e. The Morgan fingerprint density at radius 3 is 1.79 bits per heavy atom. The SMILES string of the molecule is C=C(C)CC(O)C(Cl)(Cl)Cl.CC(=O)O. The molecule has 0 aliphatic carbocycles. The van der Waals surface area contributed by atoms with Gasteiger partial charge in [0.2, 0.25) is 3.79 Å². The lowest BCUT2D eigenvalue weighted by molar-refractivity contribution is -0.134. The molecule has 0 heterocycles. The lowest BCUT2D eigenvalue weighted by Gasteiger charge is -2.18. The first kappa shape index (κ1) is 16.5. The molecule has 1 atom stereocenters. The highest BCUT2D eigenvalue weighted by Crippen LogP contribution is 2.32. The molecule has 1 unspecified atom stereocenters. The van der Waals surface area contributed by atoms with E-state index in [2.05, 4.69) is 6.58 Å². The van der Waals surface area contributed by atoms with E-state index in [-0.39, 0.29) is 0 Å². The molecular weight excluding hydrogens is 250 g/mol. The molecule has 84 valence electrons. The Balaban J connectivity index is 0. The number of aliphatic hydroxyl groups excluding tert-OH is 1. The summed E-state index contributed by atoms with van der Waals surface area (Å²) in [5, 5.41) is 16.5. The Bertz CT molecular complexity index is 194. The van der Waals surface area contributed by atoms with Crippen LogP contribution in [0.3, 0.4) is 0 Å². The summed E-state index contributed by atoms with van der Waals surface area (Å²) >= 11 is 16.1. The number of aliphatic carboxylic acids is 1. The average Bonchev–Trinajstić information content (AvgIpc) is 1.81. The van der Waals surface area contributed by atoms with Crippen molar-refractivity contribution in [1.29, 1.82) is 0 Å². The summed E-state index contributed by atoms with van der Waals surface area (Å²) in [6, 6.07) is 0. The Hall–Kier alpha value is 0.0400. The van der Waals surface area contributed by atoms with Gasteiger partial charge in [-0.25, -0.2) is 0 Å². The molecule has 0 rings (SSSR count). The van der Waals surface area contributed by atoms with Crippen LogP contribution in [0.5, 0.6) is 0 Å². The van der Waals surface area contributed by atoms with E-state index in [0.717, 1.165) is 12.5 Å². The highest BCUT2D eigenvalue weighted by atomic mass is 35.6. The fraction of sp³-hybridized carbons (Fsp3) is 0.625. The van der Waals surface area contributed by atoms with Crippen molar-refractivity contribution in [1.82, 2.24) is 0 Å². The monoisotopic (exact) mass is 262 g/mol. The predicted molar refractivity (Wildman–Crippen MR) is 59.0 cm³/mol. The van der Waals surface area contributed by atoms with E-state index in [1.807, 2.05) is 0 Å². The van der Waals surface area contributed by atoms with Gasteiger partial charge in [0.1, 0.15) is 6.10 Å². The van der Waals surface area contributed by atoms with E-state index >= 15 is 0 Å². The first-order valence-electron chi connectivity index (χ1n) is 3.66. The van der Waals surface area contributed by atoms with Crippen molar-refractivity contribution in [2.24, 2.45) is 0 Å². The Morgan fingerprint density at radius 1 is 1.43 bits per heavy atom. The van der Waals surface area contributed by atoms with Crippen molar-refractivity contribution in [3.63, 3.8) is 0 Å². The summed E-state index contributed by atoms with van der Waals surface area (Å²) in [6.45, 7) is 6.42. The summed E-state index contributed by atoms with van der Waals surface area (Å²) < 4.78 is -1.60. The lowest BCUT2D eigenvalue weighted by Crippen LogP contribution is -2.24. The number of hydrogen-bond acceptors (Lipinski definition) is 2. The molecular formula is C8H13Cl3O3. The maximum atomic E-state index is 9.10. The second-order valence-corrected chi connectivity index (χ2v) is 5.11. The second-order valence-electron chi connectivity index (χ2n) is 2.74. The van der Waals surface area contributed by atoms with Crippen LogP contribution >= 0.6 is 34.8 Å². The van der Waals surface area contributed by atoms with Gasteiger partial charge < -0.3 is 10.2 Å². The maximum Gasteiger partial charge on any atom is 0.300 e. The molecule has 0 bridgehead atoms. The van der Waals surface area contributed by atoms with Crippen LogP contribution in [-0.4, -0.2) is 26.1 Å². The number of hydrogen-bond donors (Lipinski definition) is 2. The molecule has 0 aliphatic heterocycles. The van der Waals surface area contributed by atoms with Crippen LogP contribution in [0.15, 0.2) is 12.2 Å². The topological polar surface area (TPSA) is 57.5 Å². The van der Waals surface area contributed by atoms with Crippen LogP contribution in [0.25, 0.3) is 0 Å².